The van der Waals surface area contributed by atoms with Crippen LogP contribution in [0.3, 0.4) is 0 Å². The molecular weight excluding hydrogens is 342 g/mol. The van der Waals surface area contributed by atoms with Crippen LogP contribution in [0.25, 0.3) is 0 Å². The molecule has 27 heavy (non-hydrogen) atoms. The maximum absolute atomic E-state index is 12.2. The fraction of sp³-hybridized carbons (Fsp3) is 0.600. The van der Waals surface area contributed by atoms with E-state index in [1.807, 2.05) is 38.1 Å². The number of carbonyl (C=O) groups is 1. The van der Waals surface area contributed by atoms with Gasteiger partial charge >= 0.3 is 0 Å². The van der Waals surface area contributed by atoms with E-state index in [2.05, 4.69) is 20.5 Å². The van der Waals surface area contributed by atoms with Crippen LogP contribution >= 0.6 is 0 Å². The van der Waals surface area contributed by atoms with Gasteiger partial charge in [-0.3, -0.25) is 9.69 Å². The van der Waals surface area contributed by atoms with Gasteiger partial charge in [0.05, 0.1) is 19.8 Å². The molecule has 0 aliphatic carbocycles. The Bertz CT molecular complexity index is 614. The molecule has 7 heteroatoms. The van der Waals surface area contributed by atoms with Crippen molar-refractivity contribution in [1.29, 1.82) is 0 Å². The second kappa shape index (κ2) is 11.6. The van der Waals surface area contributed by atoms with Crippen LogP contribution in [0.4, 0.5) is 0 Å². The van der Waals surface area contributed by atoms with Gasteiger partial charge in [0, 0.05) is 31.2 Å². The molecule has 1 aromatic carbocycles. The maximum Gasteiger partial charge on any atom is 0.251 e. The topological polar surface area (TPSA) is 92.0 Å². The van der Waals surface area contributed by atoms with Gasteiger partial charge in [-0.15, -0.1) is 0 Å². The summed E-state index contributed by atoms with van der Waals surface area (Å²) in [6, 6.07) is 7.68. The Morgan fingerprint density at radius 1 is 1.37 bits per heavy atom. The minimum absolute atomic E-state index is 0.0515. The number of nitrogens with one attached hydrogen (secondary N) is 2. The van der Waals surface area contributed by atoms with Gasteiger partial charge in [-0.1, -0.05) is 19.1 Å². The van der Waals surface area contributed by atoms with Gasteiger partial charge in [-0.05, 0) is 44.0 Å². The summed E-state index contributed by atoms with van der Waals surface area (Å²) in [4.78, 5) is 19.0. The molecule has 1 amide bonds. The molecule has 1 atom stereocenters. The Morgan fingerprint density at radius 2 is 2.15 bits per heavy atom. The van der Waals surface area contributed by atoms with Crippen LogP contribution in [0.1, 0.15) is 42.6 Å². The Morgan fingerprint density at radius 3 is 2.89 bits per heavy atom. The van der Waals surface area contributed by atoms with E-state index in [4.69, 9.17) is 10.5 Å². The highest BCUT2D eigenvalue weighted by molar-refractivity contribution is 5.94. The number of hydrogen-bond acceptors (Lipinski definition) is 4. The molecule has 1 aromatic rings. The molecule has 0 aromatic heterocycles. The molecule has 4 N–H and O–H groups in total. The van der Waals surface area contributed by atoms with Crippen molar-refractivity contribution in [1.82, 2.24) is 15.5 Å². The summed E-state index contributed by atoms with van der Waals surface area (Å²) in [5.41, 5.74) is 7.56. The SMILES string of the molecule is CCC(C)NC(=O)c1cccc(CN=C(N)NCCCN2CCOCC2)c1. The van der Waals surface area contributed by atoms with E-state index < -0.39 is 0 Å². The van der Waals surface area contributed by atoms with E-state index in [1.54, 1.807) is 0 Å². The zero-order valence-corrected chi connectivity index (χ0v) is 16.5. The van der Waals surface area contributed by atoms with Crippen molar-refractivity contribution in [3.63, 3.8) is 0 Å². The molecule has 1 unspecified atom stereocenters. The molecule has 0 spiro atoms. The predicted molar refractivity (Wildman–Crippen MR) is 109 cm³/mol. The van der Waals surface area contributed by atoms with Crippen LogP contribution < -0.4 is 16.4 Å². The van der Waals surface area contributed by atoms with Gasteiger partial charge in [0.2, 0.25) is 0 Å². The third kappa shape index (κ3) is 7.97. The summed E-state index contributed by atoms with van der Waals surface area (Å²) in [6.45, 7) is 9.99. The Hall–Kier alpha value is -2.12. The molecule has 1 aliphatic rings. The zero-order valence-electron chi connectivity index (χ0n) is 16.5. The third-order valence-electron chi connectivity index (χ3n) is 4.67. The normalized spacial score (nSPS) is 16.7. The lowest BCUT2D eigenvalue weighted by Crippen LogP contribution is -2.39. The van der Waals surface area contributed by atoms with Crippen molar-refractivity contribution < 1.29 is 9.53 Å². The molecule has 7 nitrogen and oxygen atoms in total. The average Bonchev–Trinajstić information content (AvgIpc) is 2.70. The molecular formula is C20H33N5O2. The van der Waals surface area contributed by atoms with Crippen LogP contribution in [0.2, 0.25) is 0 Å². The lowest BCUT2D eigenvalue weighted by atomic mass is 10.1. The van der Waals surface area contributed by atoms with E-state index in [0.29, 0.717) is 18.1 Å². The first-order valence-corrected chi connectivity index (χ1v) is 9.82. The molecule has 150 valence electrons. The molecule has 0 saturated carbocycles. The number of morpholine rings is 1. The highest BCUT2D eigenvalue weighted by Crippen LogP contribution is 2.07. The van der Waals surface area contributed by atoms with Crippen LogP contribution in [-0.2, 0) is 11.3 Å². The summed E-state index contributed by atoms with van der Waals surface area (Å²) in [5.74, 6) is 0.385. The second-order valence-electron chi connectivity index (χ2n) is 6.92. The van der Waals surface area contributed by atoms with E-state index in [1.165, 1.54) is 0 Å². The number of amides is 1. The molecule has 1 aliphatic heterocycles. The van der Waals surface area contributed by atoms with Crippen molar-refractivity contribution in [2.75, 3.05) is 39.4 Å². The number of benzene rings is 1. The Kier molecular flexibility index (Phi) is 9.07. The van der Waals surface area contributed by atoms with Crippen LogP contribution in [0, 0.1) is 0 Å². The largest absolute Gasteiger partial charge is 0.379 e. The fourth-order valence-electron chi connectivity index (χ4n) is 2.80. The number of nitrogens with two attached hydrogens (primary N) is 1. The number of carbonyl (C=O) groups excluding carboxylic acids is 1. The van der Waals surface area contributed by atoms with Crippen molar-refractivity contribution >= 4 is 11.9 Å². The number of ether oxygens (including phenoxy) is 1. The first-order chi connectivity index (χ1) is 13.1. The minimum Gasteiger partial charge on any atom is -0.379 e. The van der Waals surface area contributed by atoms with Gasteiger partial charge < -0.3 is 21.1 Å². The molecule has 0 bridgehead atoms. The monoisotopic (exact) mass is 375 g/mol. The first-order valence-electron chi connectivity index (χ1n) is 9.82. The Labute approximate surface area is 162 Å². The smallest absolute Gasteiger partial charge is 0.251 e. The van der Waals surface area contributed by atoms with E-state index in [9.17, 15) is 4.79 Å². The highest BCUT2D eigenvalue weighted by atomic mass is 16.5. The fourth-order valence-corrected chi connectivity index (χ4v) is 2.80. The molecule has 0 radical (unpaired) electrons. The van der Waals surface area contributed by atoms with Crippen molar-refractivity contribution in [2.24, 2.45) is 10.7 Å². The van der Waals surface area contributed by atoms with Crippen molar-refractivity contribution in [3.05, 3.63) is 35.4 Å². The molecule has 1 fully saturated rings. The number of guanidine groups is 1. The highest BCUT2D eigenvalue weighted by Gasteiger charge is 2.10. The second-order valence-corrected chi connectivity index (χ2v) is 6.92. The summed E-state index contributed by atoms with van der Waals surface area (Å²) >= 11 is 0. The number of hydrogen-bond donors (Lipinski definition) is 3. The molecule has 2 rings (SSSR count). The van der Waals surface area contributed by atoms with E-state index >= 15 is 0 Å². The number of aliphatic imine (C=N–C) groups is 1. The van der Waals surface area contributed by atoms with Crippen molar-refractivity contribution in [3.8, 4) is 0 Å². The standard InChI is InChI=1S/C20H33N5O2/c1-3-16(2)24-19(26)18-7-4-6-17(14-18)15-23-20(21)22-8-5-9-25-10-12-27-13-11-25/h4,6-7,14,16H,3,5,8-13,15H2,1-2H3,(H,24,26)(H3,21,22,23). The summed E-state index contributed by atoms with van der Waals surface area (Å²) in [7, 11) is 0. The van der Waals surface area contributed by atoms with Crippen LogP contribution in [-0.4, -0.2) is 62.2 Å². The minimum atomic E-state index is -0.0515. The Balaban J connectivity index is 1.73. The van der Waals surface area contributed by atoms with E-state index in [-0.39, 0.29) is 11.9 Å². The summed E-state index contributed by atoms with van der Waals surface area (Å²) < 4.78 is 5.34. The van der Waals surface area contributed by atoms with Gasteiger partial charge in [0.25, 0.3) is 5.91 Å². The maximum atomic E-state index is 12.2. The number of nitrogens with zero attached hydrogens (tertiary/aromatic N) is 2. The third-order valence-corrected chi connectivity index (χ3v) is 4.67. The van der Waals surface area contributed by atoms with Crippen LogP contribution in [0.15, 0.2) is 29.3 Å². The first kappa shape index (κ1) is 21.2. The van der Waals surface area contributed by atoms with Gasteiger partial charge in [-0.2, -0.15) is 0 Å². The lowest BCUT2D eigenvalue weighted by molar-refractivity contribution is 0.0376. The van der Waals surface area contributed by atoms with Gasteiger partial charge in [0.15, 0.2) is 5.96 Å². The molecule has 1 saturated heterocycles. The number of rotatable bonds is 9. The lowest BCUT2D eigenvalue weighted by Gasteiger charge is -2.26. The van der Waals surface area contributed by atoms with Gasteiger partial charge in [0.1, 0.15) is 0 Å². The van der Waals surface area contributed by atoms with Gasteiger partial charge in [-0.25, -0.2) is 4.99 Å². The predicted octanol–water partition coefficient (Wildman–Crippen LogP) is 1.34. The average molecular weight is 376 g/mol. The summed E-state index contributed by atoms with van der Waals surface area (Å²) in [5, 5.41) is 6.13. The zero-order chi connectivity index (χ0) is 19.5. The summed E-state index contributed by atoms with van der Waals surface area (Å²) in [6.07, 6.45) is 1.92. The van der Waals surface area contributed by atoms with Crippen LogP contribution in [0.5, 0.6) is 0 Å². The van der Waals surface area contributed by atoms with E-state index in [0.717, 1.165) is 57.8 Å². The molecule has 1 heterocycles. The van der Waals surface area contributed by atoms with Crippen molar-refractivity contribution in [2.45, 2.75) is 39.3 Å². The quantitative estimate of drug-likeness (QED) is 0.344.